The number of aromatic nitrogens is 2. The minimum Gasteiger partial charge on any atom is -0.493 e. The summed E-state index contributed by atoms with van der Waals surface area (Å²) in [7, 11) is 3.21. The molecule has 146 valence electrons. The van der Waals surface area contributed by atoms with Crippen molar-refractivity contribution in [1.82, 2.24) is 9.97 Å². The van der Waals surface area contributed by atoms with Crippen LogP contribution in [0.25, 0.3) is 10.9 Å². The van der Waals surface area contributed by atoms with E-state index in [4.69, 9.17) is 13.7 Å². The molecule has 0 aliphatic carbocycles. The van der Waals surface area contributed by atoms with Crippen LogP contribution in [0.2, 0.25) is 0 Å². The molecule has 0 spiro atoms. The van der Waals surface area contributed by atoms with Gasteiger partial charge in [-0.05, 0) is 42.5 Å². The summed E-state index contributed by atoms with van der Waals surface area (Å²) in [6.45, 7) is 0. The van der Waals surface area contributed by atoms with Crippen molar-refractivity contribution in [3.8, 4) is 17.2 Å². The molecule has 0 radical (unpaired) electrons. The lowest BCUT2D eigenvalue weighted by atomic mass is 10.2. The lowest BCUT2D eigenvalue weighted by Crippen LogP contribution is -1.98. The highest BCUT2D eigenvalue weighted by Gasteiger charge is 2.11. The predicted molar refractivity (Wildman–Crippen MR) is 115 cm³/mol. The predicted octanol–water partition coefficient (Wildman–Crippen LogP) is 5.48. The molecule has 0 saturated heterocycles. The van der Waals surface area contributed by atoms with Crippen molar-refractivity contribution in [1.29, 1.82) is 0 Å². The fourth-order valence-corrected chi connectivity index (χ4v) is 3.34. The Morgan fingerprint density at radius 1 is 0.828 bits per heavy atom. The van der Waals surface area contributed by atoms with Gasteiger partial charge in [0, 0.05) is 22.0 Å². The van der Waals surface area contributed by atoms with Crippen molar-refractivity contribution in [2.75, 3.05) is 19.5 Å². The van der Waals surface area contributed by atoms with Gasteiger partial charge in [0.2, 0.25) is 0 Å². The number of anilines is 2. The molecule has 1 aromatic heterocycles. The molecule has 0 saturated carbocycles. The second-order valence-corrected chi connectivity index (χ2v) is 6.88. The van der Waals surface area contributed by atoms with Crippen LogP contribution in [0.15, 0.2) is 78.0 Å². The van der Waals surface area contributed by atoms with Crippen molar-refractivity contribution in [2.45, 2.75) is 4.90 Å². The molecule has 0 bridgehead atoms. The lowest BCUT2D eigenvalue weighted by molar-refractivity contribution is 0.356. The smallest absolute Gasteiger partial charge is 0.162 e. The number of methoxy groups -OCH3 is 2. The van der Waals surface area contributed by atoms with E-state index < -0.39 is 0 Å². The molecule has 0 unspecified atom stereocenters. The van der Waals surface area contributed by atoms with Crippen molar-refractivity contribution in [3.05, 3.63) is 73.1 Å². The Hall–Kier alpha value is -3.45. The molecule has 0 aliphatic rings. The van der Waals surface area contributed by atoms with Crippen molar-refractivity contribution < 1.29 is 13.7 Å². The summed E-state index contributed by atoms with van der Waals surface area (Å²) in [4.78, 5) is 9.71. The molecule has 7 heteroatoms. The molecule has 1 N–H and O–H groups in total. The molecule has 0 atom stereocenters. The summed E-state index contributed by atoms with van der Waals surface area (Å²) in [6.07, 6.45) is 1.52. The molecular formula is C22H19N3O3S. The van der Waals surface area contributed by atoms with Crippen LogP contribution in [-0.2, 0) is 0 Å². The first-order valence-corrected chi connectivity index (χ1v) is 9.64. The van der Waals surface area contributed by atoms with Gasteiger partial charge in [-0.25, -0.2) is 9.97 Å². The maximum atomic E-state index is 5.71. The van der Waals surface area contributed by atoms with Gasteiger partial charge in [0.05, 0.1) is 31.8 Å². The number of fused-ring (bicyclic) bond motifs is 1. The number of nitrogens with zero attached hydrogens (tertiary/aromatic N) is 2. The summed E-state index contributed by atoms with van der Waals surface area (Å²) < 4.78 is 16.5. The first-order valence-electron chi connectivity index (χ1n) is 8.90. The highest BCUT2D eigenvalue weighted by molar-refractivity contribution is 7.95. The van der Waals surface area contributed by atoms with Gasteiger partial charge < -0.3 is 19.0 Å². The van der Waals surface area contributed by atoms with Crippen LogP contribution in [0, 0.1) is 0 Å². The summed E-state index contributed by atoms with van der Waals surface area (Å²) in [5.74, 6) is 2.76. The van der Waals surface area contributed by atoms with Crippen molar-refractivity contribution in [2.24, 2.45) is 0 Å². The fourth-order valence-electron chi connectivity index (χ4n) is 2.79. The van der Waals surface area contributed by atoms with Crippen LogP contribution >= 0.6 is 12.0 Å². The number of ether oxygens (including phenoxy) is 2. The Labute approximate surface area is 173 Å². The summed E-state index contributed by atoms with van der Waals surface area (Å²) in [5.41, 5.74) is 1.67. The van der Waals surface area contributed by atoms with Gasteiger partial charge in [0.1, 0.15) is 17.9 Å². The SMILES string of the molecule is COc1cc2ncnc(Nc3ccc(SOc4ccccc4)cc3)c2cc1OC. The monoisotopic (exact) mass is 405 g/mol. The Balaban J connectivity index is 1.52. The van der Waals surface area contributed by atoms with Crippen LogP contribution < -0.4 is 19.0 Å². The highest BCUT2D eigenvalue weighted by atomic mass is 32.2. The molecule has 0 fully saturated rings. The zero-order valence-electron chi connectivity index (χ0n) is 16.0. The molecule has 1 heterocycles. The number of nitrogens with one attached hydrogen (secondary N) is 1. The average Bonchev–Trinajstić information content (AvgIpc) is 2.78. The molecule has 4 rings (SSSR count). The fraction of sp³-hybridized carbons (Fsp3) is 0.0909. The molecule has 29 heavy (non-hydrogen) atoms. The number of rotatable bonds is 7. The third-order valence-corrected chi connectivity index (χ3v) is 4.98. The van der Waals surface area contributed by atoms with Crippen LogP contribution in [0.4, 0.5) is 11.5 Å². The van der Waals surface area contributed by atoms with E-state index in [1.807, 2.05) is 66.7 Å². The first-order chi connectivity index (χ1) is 14.3. The van der Waals surface area contributed by atoms with E-state index in [-0.39, 0.29) is 0 Å². The van der Waals surface area contributed by atoms with E-state index in [2.05, 4.69) is 15.3 Å². The van der Waals surface area contributed by atoms with Crippen LogP contribution in [0.3, 0.4) is 0 Å². The number of hydrogen-bond donors (Lipinski definition) is 1. The van der Waals surface area contributed by atoms with E-state index in [1.54, 1.807) is 14.2 Å². The number of hydrogen-bond acceptors (Lipinski definition) is 7. The van der Waals surface area contributed by atoms with Gasteiger partial charge >= 0.3 is 0 Å². The van der Waals surface area contributed by atoms with Gasteiger partial charge in [-0.15, -0.1) is 0 Å². The van der Waals surface area contributed by atoms with Crippen LogP contribution in [0.5, 0.6) is 17.2 Å². The van der Waals surface area contributed by atoms with E-state index in [0.29, 0.717) is 17.3 Å². The Morgan fingerprint density at radius 3 is 2.28 bits per heavy atom. The summed E-state index contributed by atoms with van der Waals surface area (Å²) >= 11 is 1.32. The number of para-hydroxylation sites is 1. The minimum absolute atomic E-state index is 0.627. The Morgan fingerprint density at radius 2 is 1.55 bits per heavy atom. The largest absolute Gasteiger partial charge is 0.493 e. The molecule has 6 nitrogen and oxygen atoms in total. The second-order valence-electron chi connectivity index (χ2n) is 6.08. The van der Waals surface area contributed by atoms with E-state index >= 15 is 0 Å². The van der Waals surface area contributed by atoms with Crippen LogP contribution in [-0.4, -0.2) is 24.2 Å². The lowest BCUT2D eigenvalue weighted by Gasteiger charge is -2.12. The Kier molecular flexibility index (Phi) is 5.67. The van der Waals surface area contributed by atoms with E-state index in [1.165, 1.54) is 18.4 Å². The van der Waals surface area contributed by atoms with E-state index in [0.717, 1.165) is 27.2 Å². The molecule has 0 amide bonds. The molecular weight excluding hydrogens is 386 g/mol. The zero-order valence-corrected chi connectivity index (χ0v) is 16.8. The average molecular weight is 405 g/mol. The van der Waals surface area contributed by atoms with Crippen molar-refractivity contribution in [3.63, 3.8) is 0 Å². The van der Waals surface area contributed by atoms with Gasteiger partial charge in [0.25, 0.3) is 0 Å². The summed E-state index contributed by atoms with van der Waals surface area (Å²) in [5, 5.41) is 4.18. The first kappa shape index (κ1) is 18.9. The van der Waals surface area contributed by atoms with Gasteiger partial charge in [-0.2, -0.15) is 0 Å². The van der Waals surface area contributed by atoms with Crippen molar-refractivity contribution >= 4 is 34.5 Å². The molecule has 3 aromatic carbocycles. The maximum absolute atomic E-state index is 5.71. The quantitative estimate of drug-likeness (QED) is 0.409. The second kappa shape index (κ2) is 8.70. The van der Waals surface area contributed by atoms with Gasteiger partial charge in [0.15, 0.2) is 11.5 Å². The third kappa shape index (κ3) is 4.35. The molecule has 0 aliphatic heterocycles. The zero-order chi connectivity index (χ0) is 20.1. The highest BCUT2D eigenvalue weighted by Crippen LogP contribution is 2.34. The van der Waals surface area contributed by atoms with Gasteiger partial charge in [-0.1, -0.05) is 18.2 Å². The van der Waals surface area contributed by atoms with Crippen LogP contribution in [0.1, 0.15) is 0 Å². The third-order valence-electron chi connectivity index (χ3n) is 4.24. The Bertz CT molecular complexity index is 1110. The standard InChI is InChI=1S/C22H19N3O3S/c1-26-20-12-18-19(13-21(20)27-2)23-14-24-22(18)25-15-8-10-17(11-9-15)29-28-16-6-4-3-5-7-16/h3-14H,1-2H3,(H,23,24,25). The number of benzene rings is 3. The van der Waals surface area contributed by atoms with E-state index in [9.17, 15) is 0 Å². The normalized spacial score (nSPS) is 10.6. The maximum Gasteiger partial charge on any atom is 0.162 e. The topological polar surface area (TPSA) is 65.5 Å². The minimum atomic E-state index is 0.627. The summed E-state index contributed by atoms with van der Waals surface area (Å²) in [6, 6.07) is 21.3. The van der Waals surface area contributed by atoms with Gasteiger partial charge in [-0.3, -0.25) is 0 Å². The molecule has 4 aromatic rings.